The lowest BCUT2D eigenvalue weighted by Crippen LogP contribution is -2.52. The first-order valence-electron chi connectivity index (χ1n) is 10.5. The molecule has 9 heteroatoms. The number of fused-ring (bicyclic) bond motifs is 1. The second-order valence-electron chi connectivity index (χ2n) is 7.85. The highest BCUT2D eigenvalue weighted by Crippen LogP contribution is 2.34. The second-order valence-corrected chi connectivity index (χ2v) is 8.26. The third-order valence-corrected chi connectivity index (χ3v) is 5.95. The smallest absolute Gasteiger partial charge is 0.336 e. The maximum absolute atomic E-state index is 13.5. The van der Waals surface area contributed by atoms with Crippen LogP contribution in [0.3, 0.4) is 0 Å². The highest BCUT2D eigenvalue weighted by molar-refractivity contribution is 6.33. The Kier molecular flexibility index (Phi) is 6.37. The van der Waals surface area contributed by atoms with Gasteiger partial charge in [-0.25, -0.2) is 9.18 Å². The molecule has 3 aromatic rings. The third-order valence-electron chi connectivity index (χ3n) is 5.63. The largest absolute Gasteiger partial charge is 0.481 e. The molecule has 4 rings (SSSR count). The molecule has 0 radical (unpaired) electrons. The Morgan fingerprint density at radius 3 is 2.39 bits per heavy atom. The average Bonchev–Trinajstić information content (AvgIpc) is 2.78. The minimum Gasteiger partial charge on any atom is -0.481 e. The summed E-state index contributed by atoms with van der Waals surface area (Å²) in [7, 11) is 0. The monoisotopic (exact) mass is 472 g/mol. The molecular formula is C24H22ClFN2O5. The Morgan fingerprint density at radius 2 is 1.73 bits per heavy atom. The van der Waals surface area contributed by atoms with Crippen molar-refractivity contribution in [2.24, 2.45) is 0 Å². The van der Waals surface area contributed by atoms with Gasteiger partial charge in [0, 0.05) is 61.7 Å². The van der Waals surface area contributed by atoms with Crippen molar-refractivity contribution >= 4 is 34.4 Å². The summed E-state index contributed by atoms with van der Waals surface area (Å²) < 4.78 is 24.6. The summed E-state index contributed by atoms with van der Waals surface area (Å²) in [6, 6.07) is 10.2. The number of halogens is 2. The van der Waals surface area contributed by atoms with Crippen molar-refractivity contribution in [2.45, 2.75) is 20.0 Å². The molecular weight excluding hydrogens is 451 g/mol. The summed E-state index contributed by atoms with van der Waals surface area (Å²) in [5, 5.41) is 0.765. The van der Waals surface area contributed by atoms with Crippen molar-refractivity contribution in [3.05, 3.63) is 63.7 Å². The van der Waals surface area contributed by atoms with Crippen LogP contribution in [0.25, 0.3) is 22.1 Å². The predicted molar refractivity (Wildman–Crippen MR) is 122 cm³/mol. The normalized spacial score (nSPS) is 14.9. The molecule has 33 heavy (non-hydrogen) atoms. The van der Waals surface area contributed by atoms with Crippen molar-refractivity contribution in [1.82, 2.24) is 9.80 Å². The van der Waals surface area contributed by atoms with Gasteiger partial charge in [0.1, 0.15) is 17.1 Å². The summed E-state index contributed by atoms with van der Waals surface area (Å²) in [4.78, 5) is 39.8. The van der Waals surface area contributed by atoms with Gasteiger partial charge in [0.2, 0.25) is 5.91 Å². The number of piperazine rings is 1. The maximum atomic E-state index is 13.5. The number of ether oxygens (including phenoxy) is 1. The summed E-state index contributed by atoms with van der Waals surface area (Å²) >= 11 is 6.19. The van der Waals surface area contributed by atoms with Crippen molar-refractivity contribution in [2.75, 3.05) is 26.2 Å². The first-order valence-corrected chi connectivity index (χ1v) is 10.8. The number of hydrogen-bond acceptors (Lipinski definition) is 5. The number of nitrogens with zero attached hydrogens (tertiary/aromatic N) is 2. The molecule has 2 heterocycles. The lowest BCUT2D eigenvalue weighted by molar-refractivity contribution is -0.143. The Morgan fingerprint density at radius 1 is 1.03 bits per heavy atom. The van der Waals surface area contributed by atoms with E-state index in [1.165, 1.54) is 37.3 Å². The molecule has 0 saturated carbocycles. The quantitative estimate of drug-likeness (QED) is 0.541. The van der Waals surface area contributed by atoms with Crippen LogP contribution in [0.4, 0.5) is 4.39 Å². The van der Waals surface area contributed by atoms with Gasteiger partial charge in [-0.1, -0.05) is 11.6 Å². The van der Waals surface area contributed by atoms with E-state index in [9.17, 15) is 18.8 Å². The van der Waals surface area contributed by atoms with Gasteiger partial charge in [0.05, 0.1) is 5.02 Å². The van der Waals surface area contributed by atoms with Gasteiger partial charge in [-0.3, -0.25) is 9.59 Å². The van der Waals surface area contributed by atoms with E-state index in [-0.39, 0.29) is 22.4 Å². The van der Waals surface area contributed by atoms with Gasteiger partial charge in [-0.15, -0.1) is 0 Å². The minimum atomic E-state index is -0.771. The Bertz CT molecular complexity index is 1280. The number of carbonyl (C=O) groups is 2. The molecule has 1 aromatic heterocycles. The Labute approximate surface area is 194 Å². The lowest BCUT2D eigenvalue weighted by Gasteiger charge is -2.35. The SMILES string of the molecule is CC(=O)N1CCN(C(=O)[C@@H](C)Oc2ccc3c(-c4ccc(F)cc4Cl)cc(=O)oc3c2)CC1. The number of amides is 2. The van der Waals surface area contributed by atoms with Gasteiger partial charge < -0.3 is 19.0 Å². The van der Waals surface area contributed by atoms with Crippen LogP contribution in [-0.4, -0.2) is 53.9 Å². The van der Waals surface area contributed by atoms with E-state index in [1.807, 2.05) is 0 Å². The molecule has 0 unspecified atom stereocenters. The molecule has 0 spiro atoms. The van der Waals surface area contributed by atoms with Crippen LogP contribution in [0, 0.1) is 5.82 Å². The highest BCUT2D eigenvalue weighted by atomic mass is 35.5. The maximum Gasteiger partial charge on any atom is 0.336 e. The third kappa shape index (κ3) is 4.85. The van der Waals surface area contributed by atoms with Crippen LogP contribution >= 0.6 is 11.6 Å². The van der Waals surface area contributed by atoms with E-state index in [1.54, 1.807) is 28.9 Å². The first kappa shape index (κ1) is 22.8. The van der Waals surface area contributed by atoms with Crippen LogP contribution in [0.2, 0.25) is 5.02 Å². The summed E-state index contributed by atoms with van der Waals surface area (Å²) in [5.41, 5.74) is 0.663. The molecule has 2 amide bonds. The summed E-state index contributed by atoms with van der Waals surface area (Å²) in [6.45, 7) is 5.03. The van der Waals surface area contributed by atoms with E-state index in [4.69, 9.17) is 20.8 Å². The molecule has 1 aliphatic rings. The minimum absolute atomic E-state index is 0.00894. The zero-order valence-electron chi connectivity index (χ0n) is 18.1. The van der Waals surface area contributed by atoms with Gasteiger partial charge in [-0.2, -0.15) is 0 Å². The highest BCUT2D eigenvalue weighted by Gasteiger charge is 2.27. The molecule has 2 aromatic carbocycles. The number of hydrogen-bond donors (Lipinski definition) is 0. The van der Waals surface area contributed by atoms with Crippen LogP contribution in [-0.2, 0) is 9.59 Å². The Hall–Kier alpha value is -3.39. The van der Waals surface area contributed by atoms with E-state index in [2.05, 4.69) is 0 Å². The molecule has 0 N–H and O–H groups in total. The van der Waals surface area contributed by atoms with Crippen molar-refractivity contribution in [3.8, 4) is 16.9 Å². The van der Waals surface area contributed by atoms with E-state index in [0.29, 0.717) is 48.4 Å². The molecule has 1 fully saturated rings. The Balaban J connectivity index is 1.55. The van der Waals surface area contributed by atoms with Gasteiger partial charge in [-0.05, 0) is 37.3 Å². The zero-order valence-corrected chi connectivity index (χ0v) is 18.9. The fraction of sp³-hybridized carbons (Fsp3) is 0.292. The van der Waals surface area contributed by atoms with Crippen molar-refractivity contribution in [3.63, 3.8) is 0 Å². The molecule has 1 atom stereocenters. The number of benzene rings is 2. The van der Waals surface area contributed by atoms with E-state index < -0.39 is 17.5 Å². The summed E-state index contributed by atoms with van der Waals surface area (Å²) in [6.07, 6.45) is -0.771. The van der Waals surface area contributed by atoms with Gasteiger partial charge in [0.25, 0.3) is 5.91 Å². The fourth-order valence-electron chi connectivity index (χ4n) is 3.90. The lowest BCUT2D eigenvalue weighted by atomic mass is 10.0. The number of rotatable bonds is 4. The topological polar surface area (TPSA) is 80.1 Å². The number of carbonyl (C=O) groups excluding carboxylic acids is 2. The van der Waals surface area contributed by atoms with Crippen molar-refractivity contribution < 1.29 is 23.1 Å². The van der Waals surface area contributed by atoms with Crippen LogP contribution < -0.4 is 10.4 Å². The average molecular weight is 473 g/mol. The van der Waals surface area contributed by atoms with Crippen LogP contribution in [0.15, 0.2) is 51.7 Å². The molecule has 1 saturated heterocycles. The standard InChI is InChI=1S/C24H22ClFN2O5/c1-14(24(31)28-9-7-27(8-10-28)15(2)29)32-17-4-6-19-20(13-23(30)33-22(19)12-17)18-5-3-16(26)11-21(18)25/h3-6,11-14H,7-10H2,1-2H3/t14-/m1/s1. The van der Waals surface area contributed by atoms with Gasteiger partial charge in [0.15, 0.2) is 6.10 Å². The predicted octanol–water partition coefficient (Wildman–Crippen LogP) is 3.71. The van der Waals surface area contributed by atoms with E-state index in [0.717, 1.165) is 0 Å². The van der Waals surface area contributed by atoms with Gasteiger partial charge >= 0.3 is 5.63 Å². The molecule has 1 aliphatic heterocycles. The van der Waals surface area contributed by atoms with Crippen LogP contribution in [0.5, 0.6) is 5.75 Å². The van der Waals surface area contributed by atoms with Crippen LogP contribution in [0.1, 0.15) is 13.8 Å². The molecule has 7 nitrogen and oxygen atoms in total. The molecule has 0 aliphatic carbocycles. The van der Waals surface area contributed by atoms with Crippen molar-refractivity contribution in [1.29, 1.82) is 0 Å². The van der Waals surface area contributed by atoms with E-state index >= 15 is 0 Å². The second kappa shape index (κ2) is 9.23. The fourth-order valence-corrected chi connectivity index (χ4v) is 4.17. The molecule has 0 bridgehead atoms. The molecule has 172 valence electrons. The zero-order chi connectivity index (χ0) is 23.7. The summed E-state index contributed by atoms with van der Waals surface area (Å²) in [5.74, 6) is -0.318. The first-order chi connectivity index (χ1) is 15.7.